The van der Waals surface area contributed by atoms with E-state index in [4.69, 9.17) is 9.47 Å². The van der Waals surface area contributed by atoms with Crippen molar-refractivity contribution in [1.82, 2.24) is 20.2 Å². The van der Waals surface area contributed by atoms with Crippen molar-refractivity contribution in [2.24, 2.45) is 0 Å². The average molecular weight is 336 g/mol. The number of aromatic nitrogens is 4. The summed E-state index contributed by atoms with van der Waals surface area (Å²) in [4.78, 5) is 11.9. The normalized spacial score (nSPS) is 12.6. The first-order chi connectivity index (χ1) is 12.3. The molecule has 0 atom stereocenters. The van der Waals surface area contributed by atoms with E-state index in [1.54, 1.807) is 24.3 Å². The second kappa shape index (κ2) is 6.72. The van der Waals surface area contributed by atoms with Crippen LogP contribution in [-0.2, 0) is 17.6 Å². The van der Waals surface area contributed by atoms with E-state index in [2.05, 4.69) is 21.6 Å². The van der Waals surface area contributed by atoms with Gasteiger partial charge in [0.05, 0.1) is 5.69 Å². The summed E-state index contributed by atoms with van der Waals surface area (Å²) in [6.45, 7) is -0.131. The topological polar surface area (TPSA) is 79.1 Å². The maximum atomic E-state index is 11.9. The van der Waals surface area contributed by atoms with Gasteiger partial charge in [-0.2, -0.15) is 0 Å². The fourth-order valence-corrected chi connectivity index (χ4v) is 2.89. The number of aryl methyl sites for hydroxylation is 2. The number of tetrazole rings is 1. The number of benzene rings is 2. The molecule has 7 nitrogen and oxygen atoms in total. The fraction of sp³-hybridized carbons (Fsp3) is 0.222. The summed E-state index contributed by atoms with van der Waals surface area (Å²) in [7, 11) is 0. The van der Waals surface area contributed by atoms with Crippen molar-refractivity contribution in [3.05, 3.63) is 59.9 Å². The molecule has 0 unspecified atom stereocenters. The summed E-state index contributed by atoms with van der Waals surface area (Å²) in [6.07, 6.45) is 4.87. The Bertz CT molecular complexity index is 876. The maximum absolute atomic E-state index is 11.9. The molecule has 0 spiro atoms. The monoisotopic (exact) mass is 336 g/mol. The molecule has 3 aromatic rings. The lowest BCUT2D eigenvalue weighted by atomic mass is 10.1. The first-order valence-corrected chi connectivity index (χ1v) is 8.07. The largest absolute Gasteiger partial charge is 0.482 e. The van der Waals surface area contributed by atoms with Crippen molar-refractivity contribution in [3.63, 3.8) is 0 Å². The summed E-state index contributed by atoms with van der Waals surface area (Å²) in [6, 6.07) is 12.9. The van der Waals surface area contributed by atoms with E-state index in [0.717, 1.165) is 18.5 Å². The Kier molecular flexibility index (Phi) is 4.12. The number of nitrogens with zero attached hydrogens (tertiary/aromatic N) is 4. The number of esters is 1. The van der Waals surface area contributed by atoms with Gasteiger partial charge in [-0.1, -0.05) is 6.07 Å². The molecular weight excluding hydrogens is 320 g/mol. The molecule has 4 rings (SSSR count). The number of rotatable bonds is 5. The van der Waals surface area contributed by atoms with Crippen molar-refractivity contribution in [1.29, 1.82) is 0 Å². The Morgan fingerprint density at radius 2 is 1.84 bits per heavy atom. The van der Waals surface area contributed by atoms with Crippen molar-refractivity contribution >= 4 is 5.97 Å². The summed E-state index contributed by atoms with van der Waals surface area (Å²) in [5.74, 6) is 0.696. The van der Waals surface area contributed by atoms with Gasteiger partial charge in [-0.05, 0) is 77.2 Å². The standard InChI is InChI=1S/C18H16N4O3/c23-18(11-24-17-7-4-13-2-1-3-14(13)10-17)25-16-8-5-15(6-9-16)22-12-19-20-21-22/h4-10,12H,1-3,11H2. The summed E-state index contributed by atoms with van der Waals surface area (Å²) in [5, 5.41) is 10.9. The minimum atomic E-state index is -0.448. The van der Waals surface area contributed by atoms with E-state index in [1.807, 2.05) is 12.1 Å². The zero-order valence-electron chi connectivity index (χ0n) is 13.5. The number of fused-ring (bicyclic) bond motifs is 1. The summed E-state index contributed by atoms with van der Waals surface area (Å²) < 4.78 is 12.3. The molecule has 0 saturated heterocycles. The van der Waals surface area contributed by atoms with Gasteiger partial charge in [0.2, 0.25) is 0 Å². The number of carbonyl (C=O) groups is 1. The van der Waals surface area contributed by atoms with Crippen LogP contribution in [0, 0.1) is 0 Å². The Balaban J connectivity index is 1.33. The summed E-state index contributed by atoms with van der Waals surface area (Å²) >= 11 is 0. The van der Waals surface area contributed by atoms with Crippen molar-refractivity contribution in [2.45, 2.75) is 19.3 Å². The third-order valence-electron chi connectivity index (χ3n) is 4.11. The quantitative estimate of drug-likeness (QED) is 0.525. The molecule has 1 aliphatic carbocycles. The van der Waals surface area contributed by atoms with Gasteiger partial charge in [0.25, 0.3) is 0 Å². The molecule has 0 radical (unpaired) electrons. The fourth-order valence-electron chi connectivity index (χ4n) is 2.89. The average Bonchev–Trinajstić information content (AvgIpc) is 3.32. The molecule has 1 aromatic heterocycles. The molecule has 25 heavy (non-hydrogen) atoms. The third-order valence-corrected chi connectivity index (χ3v) is 4.11. The molecule has 0 amide bonds. The van der Waals surface area contributed by atoms with Crippen molar-refractivity contribution < 1.29 is 14.3 Å². The number of ether oxygens (including phenoxy) is 2. The van der Waals surface area contributed by atoms with E-state index in [1.165, 1.54) is 28.6 Å². The van der Waals surface area contributed by atoms with Crippen LogP contribution in [0.25, 0.3) is 5.69 Å². The predicted molar refractivity (Wildman–Crippen MR) is 88.8 cm³/mol. The van der Waals surface area contributed by atoms with Gasteiger partial charge >= 0.3 is 5.97 Å². The second-order valence-electron chi connectivity index (χ2n) is 5.80. The first kappa shape index (κ1) is 15.3. The van der Waals surface area contributed by atoms with Gasteiger partial charge in [0.1, 0.15) is 17.8 Å². The highest BCUT2D eigenvalue weighted by Gasteiger charge is 2.12. The van der Waals surface area contributed by atoms with E-state index in [9.17, 15) is 4.79 Å². The number of carbonyl (C=O) groups excluding carboxylic acids is 1. The van der Waals surface area contributed by atoms with E-state index in [-0.39, 0.29) is 6.61 Å². The van der Waals surface area contributed by atoms with Crippen LogP contribution < -0.4 is 9.47 Å². The molecule has 1 aliphatic rings. The predicted octanol–water partition coefficient (Wildman–Crippen LogP) is 2.14. The molecule has 0 fully saturated rings. The highest BCUT2D eigenvalue weighted by molar-refractivity contribution is 5.74. The zero-order valence-corrected chi connectivity index (χ0v) is 13.5. The van der Waals surface area contributed by atoms with Gasteiger partial charge in [-0.3, -0.25) is 0 Å². The van der Waals surface area contributed by atoms with Crippen LogP contribution >= 0.6 is 0 Å². The zero-order chi connectivity index (χ0) is 17.1. The van der Waals surface area contributed by atoms with Gasteiger partial charge in [0, 0.05) is 0 Å². The number of hydrogen-bond acceptors (Lipinski definition) is 6. The molecule has 1 heterocycles. The Morgan fingerprint density at radius 3 is 2.64 bits per heavy atom. The Morgan fingerprint density at radius 1 is 1.04 bits per heavy atom. The van der Waals surface area contributed by atoms with Crippen molar-refractivity contribution in [2.75, 3.05) is 6.61 Å². The van der Waals surface area contributed by atoms with Gasteiger partial charge in [-0.15, -0.1) is 5.10 Å². The molecule has 7 heteroatoms. The second-order valence-corrected chi connectivity index (χ2v) is 5.80. The Labute approximate surface area is 144 Å². The maximum Gasteiger partial charge on any atom is 0.349 e. The smallest absolute Gasteiger partial charge is 0.349 e. The Hall–Kier alpha value is -3.22. The minimum absolute atomic E-state index is 0.131. The molecule has 0 N–H and O–H groups in total. The summed E-state index contributed by atoms with van der Waals surface area (Å²) in [5.41, 5.74) is 3.46. The number of hydrogen-bond donors (Lipinski definition) is 0. The van der Waals surface area contributed by atoms with E-state index >= 15 is 0 Å². The molecular formula is C18H16N4O3. The van der Waals surface area contributed by atoms with E-state index < -0.39 is 5.97 Å². The van der Waals surface area contributed by atoms with Crippen LogP contribution in [0.1, 0.15) is 17.5 Å². The highest BCUT2D eigenvalue weighted by atomic mass is 16.6. The molecule has 0 aliphatic heterocycles. The highest BCUT2D eigenvalue weighted by Crippen LogP contribution is 2.26. The van der Waals surface area contributed by atoms with Crippen LogP contribution in [-0.4, -0.2) is 32.8 Å². The SMILES string of the molecule is O=C(COc1ccc2c(c1)CCC2)Oc1ccc(-n2cnnn2)cc1. The molecule has 2 aromatic carbocycles. The van der Waals surface area contributed by atoms with Crippen LogP contribution in [0.15, 0.2) is 48.8 Å². The molecule has 126 valence electrons. The lowest BCUT2D eigenvalue weighted by Crippen LogP contribution is -2.17. The minimum Gasteiger partial charge on any atom is -0.482 e. The van der Waals surface area contributed by atoms with Gasteiger partial charge in [-0.25, -0.2) is 9.48 Å². The third kappa shape index (κ3) is 3.50. The van der Waals surface area contributed by atoms with Gasteiger partial charge in [0.15, 0.2) is 6.61 Å². The van der Waals surface area contributed by atoms with Gasteiger partial charge < -0.3 is 9.47 Å². The van der Waals surface area contributed by atoms with Crippen molar-refractivity contribution in [3.8, 4) is 17.2 Å². The lowest BCUT2D eigenvalue weighted by Gasteiger charge is -2.08. The molecule has 0 bridgehead atoms. The van der Waals surface area contributed by atoms with Crippen LogP contribution in [0.5, 0.6) is 11.5 Å². The van der Waals surface area contributed by atoms with Crippen LogP contribution in [0.3, 0.4) is 0 Å². The lowest BCUT2D eigenvalue weighted by molar-refractivity contribution is -0.136. The van der Waals surface area contributed by atoms with Crippen LogP contribution in [0.4, 0.5) is 0 Å². The van der Waals surface area contributed by atoms with E-state index in [0.29, 0.717) is 11.5 Å². The first-order valence-electron chi connectivity index (χ1n) is 8.07. The molecule has 0 saturated carbocycles. The van der Waals surface area contributed by atoms with Crippen LogP contribution in [0.2, 0.25) is 0 Å².